The Morgan fingerprint density at radius 3 is 2.56 bits per heavy atom. The van der Waals surface area contributed by atoms with Crippen molar-refractivity contribution in [2.45, 2.75) is 26.4 Å². The van der Waals surface area contributed by atoms with E-state index in [1.807, 2.05) is 37.3 Å². The van der Waals surface area contributed by atoms with Gasteiger partial charge in [0.15, 0.2) is 0 Å². The average molecular weight is 247 g/mol. The number of hydrogen-bond acceptors (Lipinski definition) is 2. The summed E-state index contributed by atoms with van der Waals surface area (Å²) in [6.07, 6.45) is 1.86. The lowest BCUT2D eigenvalue weighted by molar-refractivity contribution is -0.124. The monoisotopic (exact) mass is 247 g/mol. The molecule has 1 amide bonds. The molecular weight excluding hydrogens is 226 g/mol. The van der Waals surface area contributed by atoms with Gasteiger partial charge < -0.3 is 10.0 Å². The molecule has 0 saturated carbocycles. The number of likely N-dealkylation sites (N-methyl/N-ethyl adjacent to an activating group) is 1. The number of carbonyl (C=O) groups excluding carboxylic acids is 1. The fourth-order valence-corrected chi connectivity index (χ4v) is 1.57. The Labute approximate surface area is 109 Å². The Morgan fingerprint density at radius 2 is 2.00 bits per heavy atom. The van der Waals surface area contributed by atoms with E-state index in [0.29, 0.717) is 13.0 Å². The van der Waals surface area contributed by atoms with E-state index < -0.39 is 0 Å². The zero-order valence-corrected chi connectivity index (χ0v) is 11.3. The predicted octanol–water partition coefficient (Wildman–Crippen LogP) is 2.32. The van der Waals surface area contributed by atoms with Crippen molar-refractivity contribution in [2.24, 2.45) is 0 Å². The maximum absolute atomic E-state index is 11.9. The largest absolute Gasteiger partial charge is 0.393 e. The topological polar surface area (TPSA) is 40.5 Å². The summed E-state index contributed by atoms with van der Waals surface area (Å²) >= 11 is 0. The van der Waals surface area contributed by atoms with Gasteiger partial charge in [0.1, 0.15) is 0 Å². The number of benzene rings is 1. The smallest absolute Gasteiger partial charge is 0.246 e. The highest BCUT2D eigenvalue weighted by atomic mass is 16.3. The second-order valence-electron chi connectivity index (χ2n) is 4.59. The predicted molar refractivity (Wildman–Crippen MR) is 74.0 cm³/mol. The van der Waals surface area contributed by atoms with Gasteiger partial charge in [-0.05, 0) is 31.4 Å². The fraction of sp³-hybridized carbons (Fsp3) is 0.400. The van der Waals surface area contributed by atoms with Crippen molar-refractivity contribution >= 4 is 11.5 Å². The van der Waals surface area contributed by atoms with Crippen molar-refractivity contribution in [3.8, 4) is 0 Å². The zero-order valence-electron chi connectivity index (χ0n) is 11.3. The van der Waals surface area contributed by atoms with Gasteiger partial charge in [-0.15, -0.1) is 0 Å². The highest BCUT2D eigenvalue weighted by Crippen LogP contribution is 2.13. The average Bonchev–Trinajstić information content (AvgIpc) is 2.36. The second-order valence-corrected chi connectivity index (χ2v) is 4.59. The number of amides is 1. The molecule has 0 aliphatic rings. The van der Waals surface area contributed by atoms with E-state index in [1.165, 1.54) is 0 Å². The van der Waals surface area contributed by atoms with E-state index in [4.69, 9.17) is 0 Å². The Hall–Kier alpha value is -1.61. The SMILES string of the molecule is C/C(=C/C(=O)N(C)CCC(C)O)c1ccccc1. The van der Waals surface area contributed by atoms with Crippen LogP contribution in [0.25, 0.3) is 5.57 Å². The molecule has 0 aliphatic carbocycles. The van der Waals surface area contributed by atoms with Crippen molar-refractivity contribution in [2.75, 3.05) is 13.6 Å². The van der Waals surface area contributed by atoms with Crippen LogP contribution in [0.2, 0.25) is 0 Å². The molecule has 0 aromatic heterocycles. The van der Waals surface area contributed by atoms with Crippen molar-refractivity contribution in [1.29, 1.82) is 0 Å². The van der Waals surface area contributed by atoms with Crippen LogP contribution in [0.15, 0.2) is 36.4 Å². The Morgan fingerprint density at radius 1 is 1.39 bits per heavy atom. The maximum atomic E-state index is 11.9. The third-order valence-electron chi connectivity index (χ3n) is 2.83. The molecule has 0 radical (unpaired) electrons. The lowest BCUT2D eigenvalue weighted by atomic mass is 10.1. The summed E-state index contributed by atoms with van der Waals surface area (Å²) in [4.78, 5) is 13.5. The molecule has 1 atom stereocenters. The van der Waals surface area contributed by atoms with E-state index >= 15 is 0 Å². The molecule has 0 heterocycles. The minimum Gasteiger partial charge on any atom is -0.393 e. The standard InChI is InChI=1S/C15H21NO2/c1-12(14-7-5-4-6-8-14)11-15(18)16(3)10-9-13(2)17/h4-8,11,13,17H,9-10H2,1-3H3/b12-11-. The number of hydrogen-bond donors (Lipinski definition) is 1. The molecule has 1 N–H and O–H groups in total. The third kappa shape index (κ3) is 4.72. The van der Waals surface area contributed by atoms with Crippen molar-refractivity contribution in [3.05, 3.63) is 42.0 Å². The van der Waals surface area contributed by atoms with Crippen LogP contribution in [0.5, 0.6) is 0 Å². The van der Waals surface area contributed by atoms with Gasteiger partial charge in [0.2, 0.25) is 5.91 Å². The summed E-state index contributed by atoms with van der Waals surface area (Å²) in [5.41, 5.74) is 2.00. The summed E-state index contributed by atoms with van der Waals surface area (Å²) in [6.45, 7) is 4.22. The minimum absolute atomic E-state index is 0.0306. The Balaban J connectivity index is 2.62. The second kappa shape index (κ2) is 6.97. The number of rotatable bonds is 5. The van der Waals surface area contributed by atoms with Gasteiger partial charge in [-0.3, -0.25) is 4.79 Å². The van der Waals surface area contributed by atoms with Crippen LogP contribution in [0.4, 0.5) is 0 Å². The number of carbonyl (C=O) groups is 1. The number of aliphatic hydroxyl groups is 1. The first kappa shape index (κ1) is 14.5. The van der Waals surface area contributed by atoms with E-state index in [2.05, 4.69) is 0 Å². The zero-order chi connectivity index (χ0) is 13.5. The van der Waals surface area contributed by atoms with Gasteiger partial charge in [-0.1, -0.05) is 30.3 Å². The number of allylic oxidation sites excluding steroid dienone is 1. The molecule has 0 spiro atoms. The molecule has 98 valence electrons. The van der Waals surface area contributed by atoms with Crippen LogP contribution in [-0.4, -0.2) is 35.6 Å². The van der Waals surface area contributed by atoms with Gasteiger partial charge in [-0.2, -0.15) is 0 Å². The fourth-order valence-electron chi connectivity index (χ4n) is 1.57. The molecule has 0 fully saturated rings. The van der Waals surface area contributed by atoms with Crippen molar-refractivity contribution in [1.82, 2.24) is 4.90 Å². The summed E-state index contributed by atoms with van der Waals surface area (Å²) in [7, 11) is 1.75. The van der Waals surface area contributed by atoms with Crippen molar-refractivity contribution < 1.29 is 9.90 Å². The summed E-state index contributed by atoms with van der Waals surface area (Å²) in [5, 5.41) is 9.19. The summed E-state index contributed by atoms with van der Waals surface area (Å²) < 4.78 is 0. The Bertz CT molecular complexity index is 410. The van der Waals surface area contributed by atoms with E-state index in [-0.39, 0.29) is 12.0 Å². The van der Waals surface area contributed by atoms with Crippen molar-refractivity contribution in [3.63, 3.8) is 0 Å². The molecule has 1 rings (SSSR count). The molecule has 1 unspecified atom stereocenters. The minimum atomic E-state index is -0.376. The molecule has 0 saturated heterocycles. The van der Waals surface area contributed by atoms with Crippen LogP contribution in [-0.2, 0) is 4.79 Å². The molecular formula is C15H21NO2. The van der Waals surface area contributed by atoms with Crippen LogP contribution in [0.3, 0.4) is 0 Å². The van der Waals surface area contributed by atoms with Gasteiger partial charge in [0, 0.05) is 19.7 Å². The first-order valence-electron chi connectivity index (χ1n) is 6.17. The van der Waals surface area contributed by atoms with Gasteiger partial charge in [0.25, 0.3) is 0 Å². The highest BCUT2D eigenvalue weighted by Gasteiger charge is 2.07. The van der Waals surface area contributed by atoms with E-state index in [1.54, 1.807) is 24.9 Å². The van der Waals surface area contributed by atoms with Crippen LogP contribution >= 0.6 is 0 Å². The van der Waals surface area contributed by atoms with Crippen LogP contribution in [0, 0.1) is 0 Å². The maximum Gasteiger partial charge on any atom is 0.246 e. The molecule has 0 bridgehead atoms. The normalized spacial score (nSPS) is 13.2. The lowest BCUT2D eigenvalue weighted by Crippen LogP contribution is -2.28. The molecule has 3 heteroatoms. The number of aliphatic hydroxyl groups excluding tert-OH is 1. The Kier molecular flexibility index (Phi) is 5.59. The van der Waals surface area contributed by atoms with Gasteiger partial charge in [-0.25, -0.2) is 0 Å². The molecule has 1 aromatic rings. The molecule has 1 aromatic carbocycles. The lowest BCUT2D eigenvalue weighted by Gasteiger charge is -2.16. The van der Waals surface area contributed by atoms with Gasteiger partial charge >= 0.3 is 0 Å². The quantitative estimate of drug-likeness (QED) is 0.811. The molecule has 0 aliphatic heterocycles. The summed E-state index contributed by atoms with van der Waals surface area (Å²) in [6, 6.07) is 9.82. The van der Waals surface area contributed by atoms with E-state index in [9.17, 15) is 9.90 Å². The van der Waals surface area contributed by atoms with Gasteiger partial charge in [0.05, 0.1) is 6.10 Å². The van der Waals surface area contributed by atoms with Crippen LogP contribution in [0.1, 0.15) is 25.8 Å². The molecule has 18 heavy (non-hydrogen) atoms. The van der Waals surface area contributed by atoms with Crippen LogP contribution < -0.4 is 0 Å². The summed E-state index contributed by atoms with van der Waals surface area (Å²) in [5.74, 6) is -0.0306. The first-order valence-corrected chi connectivity index (χ1v) is 6.17. The molecule has 3 nitrogen and oxygen atoms in total. The highest BCUT2D eigenvalue weighted by molar-refractivity contribution is 5.94. The number of nitrogens with zero attached hydrogens (tertiary/aromatic N) is 1. The third-order valence-corrected chi connectivity index (χ3v) is 2.83. The first-order chi connectivity index (χ1) is 8.50. The van der Waals surface area contributed by atoms with E-state index in [0.717, 1.165) is 11.1 Å².